The molecule has 0 saturated heterocycles. The van der Waals surface area contributed by atoms with Gasteiger partial charge in [0.25, 0.3) is 0 Å². The van der Waals surface area contributed by atoms with Gasteiger partial charge in [-0.05, 0) is 59.1 Å². The lowest BCUT2D eigenvalue weighted by molar-refractivity contribution is -0.210. The maximum Gasteiger partial charge on any atom is 0.185 e. The standard InChI is InChI=1S/C23H32ClN3O2S/c1-17(15-23(2,3)4)12-13-27(5)19-10-11-21(26-25)22(14-19)30(28,29)16-18-8-6-7-9-20(18)24/h6-11,14,17,25H,12-13,15-16H2,1-5H3/p+1. The first-order valence-electron chi connectivity index (χ1n) is 10.2. The number of nitrogens with zero attached hydrogens (tertiary/aromatic N) is 2. The number of hydrogen-bond acceptors (Lipinski definition) is 4. The van der Waals surface area contributed by atoms with Crippen molar-refractivity contribution in [2.24, 2.45) is 16.4 Å². The topological polar surface area (TPSA) is 75.3 Å². The minimum Gasteiger partial charge on any atom is -0.375 e. The van der Waals surface area contributed by atoms with Crippen molar-refractivity contribution in [3.8, 4) is 0 Å². The molecule has 164 valence electrons. The Bertz CT molecular complexity index is 984. The van der Waals surface area contributed by atoms with Crippen LogP contribution in [0.3, 0.4) is 0 Å². The molecule has 1 unspecified atom stereocenters. The largest absolute Gasteiger partial charge is 0.375 e. The first kappa shape index (κ1) is 24.4. The molecule has 7 heteroatoms. The van der Waals surface area contributed by atoms with Crippen LogP contribution in [0.2, 0.25) is 5.02 Å². The summed E-state index contributed by atoms with van der Waals surface area (Å²) in [4.78, 5) is 2.20. The lowest BCUT2D eigenvalue weighted by Gasteiger charge is -2.26. The number of nitrogens with two attached hydrogens (primary N) is 1. The van der Waals surface area contributed by atoms with Crippen LogP contribution in [0.25, 0.3) is 0 Å². The minimum atomic E-state index is -3.67. The van der Waals surface area contributed by atoms with Crippen molar-refractivity contribution >= 4 is 32.8 Å². The van der Waals surface area contributed by atoms with Crippen molar-refractivity contribution in [1.29, 1.82) is 0 Å². The number of halogens is 1. The first-order valence-corrected chi connectivity index (χ1v) is 12.2. The predicted octanol–water partition coefficient (Wildman–Crippen LogP) is 5.06. The Hall–Kier alpha value is -1.92. The summed E-state index contributed by atoms with van der Waals surface area (Å²) in [6.07, 6.45) is 2.17. The summed E-state index contributed by atoms with van der Waals surface area (Å²) < 4.78 is 26.3. The Balaban J connectivity index is 2.24. The maximum atomic E-state index is 13.1. The number of benzene rings is 2. The molecule has 0 aliphatic heterocycles. The van der Waals surface area contributed by atoms with Gasteiger partial charge in [0.2, 0.25) is 0 Å². The van der Waals surface area contributed by atoms with Gasteiger partial charge in [0.1, 0.15) is 10.6 Å². The molecule has 1 atom stereocenters. The van der Waals surface area contributed by atoms with E-state index in [1.807, 2.05) is 13.1 Å². The van der Waals surface area contributed by atoms with Crippen molar-refractivity contribution in [3.63, 3.8) is 0 Å². The minimum absolute atomic E-state index is 0.122. The van der Waals surface area contributed by atoms with Crippen LogP contribution in [-0.4, -0.2) is 22.0 Å². The molecular weight excluding hydrogens is 418 g/mol. The summed E-state index contributed by atoms with van der Waals surface area (Å²) in [6.45, 7) is 9.84. The third-order valence-corrected chi connectivity index (χ3v) is 7.14. The zero-order valence-corrected chi connectivity index (χ0v) is 20.1. The lowest BCUT2D eigenvalue weighted by Crippen LogP contribution is -2.24. The molecule has 2 aromatic rings. The smallest absolute Gasteiger partial charge is 0.185 e. The highest BCUT2D eigenvalue weighted by molar-refractivity contribution is 7.90. The number of sulfone groups is 1. The fourth-order valence-corrected chi connectivity index (χ4v) is 5.52. The van der Waals surface area contributed by atoms with Gasteiger partial charge in [0.15, 0.2) is 9.84 Å². The van der Waals surface area contributed by atoms with Crippen molar-refractivity contribution in [2.75, 3.05) is 18.5 Å². The lowest BCUT2D eigenvalue weighted by atomic mass is 9.84. The third-order valence-electron chi connectivity index (χ3n) is 5.08. The molecular formula is C23H33ClN3O2S+. The molecule has 0 aliphatic rings. The Labute approximate surface area is 185 Å². The molecule has 0 bridgehead atoms. The molecule has 2 rings (SSSR count). The van der Waals surface area contributed by atoms with E-state index in [0.29, 0.717) is 21.9 Å². The van der Waals surface area contributed by atoms with Gasteiger partial charge in [-0.25, -0.2) is 8.42 Å². The van der Waals surface area contributed by atoms with E-state index >= 15 is 0 Å². The highest BCUT2D eigenvalue weighted by Crippen LogP contribution is 2.32. The van der Waals surface area contributed by atoms with Crippen LogP contribution in [0.15, 0.2) is 52.5 Å². The summed E-state index contributed by atoms with van der Waals surface area (Å²) in [7, 11) is -1.70. The fourth-order valence-electron chi connectivity index (χ4n) is 3.68. The molecule has 2 N–H and O–H groups in total. The van der Waals surface area contributed by atoms with Crippen LogP contribution in [0, 0.1) is 11.3 Å². The van der Waals surface area contributed by atoms with Crippen LogP contribution in [0.1, 0.15) is 46.1 Å². The van der Waals surface area contributed by atoms with Crippen LogP contribution in [0.5, 0.6) is 0 Å². The van der Waals surface area contributed by atoms with Gasteiger partial charge in [0.05, 0.1) is 5.75 Å². The summed E-state index contributed by atoms with van der Waals surface area (Å²) in [5, 5.41) is 4.11. The second kappa shape index (κ2) is 9.92. The second-order valence-corrected chi connectivity index (χ2v) is 11.6. The van der Waals surface area contributed by atoms with Crippen LogP contribution < -0.4 is 10.4 Å². The summed E-state index contributed by atoms with van der Waals surface area (Å²) in [5.74, 6) is 0.375. The Morgan fingerprint density at radius 1 is 1.17 bits per heavy atom. The second-order valence-electron chi connectivity index (χ2n) is 9.21. The predicted molar refractivity (Wildman–Crippen MR) is 124 cm³/mol. The van der Waals surface area contributed by atoms with Crippen LogP contribution in [0.4, 0.5) is 11.4 Å². The molecule has 0 aliphatic carbocycles. The van der Waals surface area contributed by atoms with E-state index in [-0.39, 0.29) is 16.3 Å². The number of anilines is 1. The molecule has 0 saturated carbocycles. The average molecular weight is 451 g/mol. The molecule has 30 heavy (non-hydrogen) atoms. The molecule has 0 aromatic heterocycles. The average Bonchev–Trinajstić information content (AvgIpc) is 2.66. The highest BCUT2D eigenvalue weighted by Gasteiger charge is 2.23. The molecule has 0 fully saturated rings. The SMILES string of the molecule is CC(CCN(C)c1ccc(N=[NH2+])c(S(=O)(=O)Cc2ccccc2Cl)c1)CC(C)(C)C. The number of hydrogen-bond donors (Lipinski definition) is 1. The normalized spacial score (nSPS) is 13.1. The van der Waals surface area contributed by atoms with Gasteiger partial charge in [-0.2, -0.15) is 5.53 Å². The zero-order chi connectivity index (χ0) is 22.5. The molecule has 0 spiro atoms. The van der Waals surface area contributed by atoms with Crippen LogP contribution >= 0.6 is 11.6 Å². The molecule has 2 aromatic carbocycles. The monoisotopic (exact) mass is 450 g/mol. The molecule has 5 nitrogen and oxygen atoms in total. The first-order chi connectivity index (χ1) is 13.9. The summed E-state index contributed by atoms with van der Waals surface area (Å²) in [5.41, 5.74) is 7.39. The molecule has 0 amide bonds. The van der Waals surface area contributed by atoms with Gasteiger partial charge >= 0.3 is 0 Å². The van der Waals surface area contributed by atoms with Gasteiger partial charge in [0, 0.05) is 24.3 Å². The van der Waals surface area contributed by atoms with E-state index in [4.69, 9.17) is 17.1 Å². The van der Waals surface area contributed by atoms with E-state index in [1.165, 1.54) is 0 Å². The third kappa shape index (κ3) is 6.81. The van der Waals surface area contributed by atoms with Crippen molar-refractivity contribution in [2.45, 2.75) is 51.2 Å². The van der Waals surface area contributed by atoms with E-state index < -0.39 is 9.84 Å². The van der Waals surface area contributed by atoms with Gasteiger partial charge in [-0.15, -0.1) is 0 Å². The maximum absolute atomic E-state index is 13.1. The Kier molecular flexibility index (Phi) is 8.06. The molecule has 0 heterocycles. The van der Waals surface area contributed by atoms with E-state index in [9.17, 15) is 8.42 Å². The van der Waals surface area contributed by atoms with Crippen molar-refractivity contribution in [3.05, 3.63) is 53.1 Å². The Morgan fingerprint density at radius 2 is 1.83 bits per heavy atom. The fraction of sp³-hybridized carbons (Fsp3) is 0.478. The highest BCUT2D eigenvalue weighted by atomic mass is 35.5. The molecule has 0 radical (unpaired) electrons. The number of rotatable bonds is 9. The van der Waals surface area contributed by atoms with Gasteiger partial charge in [-0.3, -0.25) is 0 Å². The van der Waals surface area contributed by atoms with Crippen molar-refractivity contribution < 1.29 is 13.9 Å². The van der Waals surface area contributed by atoms with Gasteiger partial charge < -0.3 is 4.90 Å². The van der Waals surface area contributed by atoms with E-state index in [2.05, 4.69) is 37.7 Å². The van der Waals surface area contributed by atoms with E-state index in [1.54, 1.807) is 36.4 Å². The zero-order valence-electron chi connectivity index (χ0n) is 18.5. The van der Waals surface area contributed by atoms with E-state index in [0.717, 1.165) is 25.1 Å². The Morgan fingerprint density at radius 3 is 2.43 bits per heavy atom. The summed E-state index contributed by atoms with van der Waals surface area (Å²) >= 11 is 6.17. The van der Waals surface area contributed by atoms with Crippen molar-refractivity contribution in [1.82, 2.24) is 0 Å². The quantitative estimate of drug-likeness (QED) is 0.542. The summed E-state index contributed by atoms with van der Waals surface area (Å²) in [6, 6.07) is 12.1. The van der Waals surface area contributed by atoms with Crippen LogP contribution in [-0.2, 0) is 15.6 Å². The van der Waals surface area contributed by atoms with Gasteiger partial charge in [-0.1, -0.05) is 57.5 Å².